The van der Waals surface area contributed by atoms with Gasteiger partial charge in [-0.25, -0.2) is 4.79 Å². The maximum Gasteiger partial charge on any atom is 0.407 e. The molecule has 1 aromatic carbocycles. The normalized spacial score (nSPS) is 10.2. The summed E-state index contributed by atoms with van der Waals surface area (Å²) < 4.78 is 7.50. The molecule has 2 rings (SSSR count). The number of hydrogen-bond donors (Lipinski definition) is 1. The van der Waals surface area contributed by atoms with E-state index in [2.05, 4.69) is 26.3 Å². The van der Waals surface area contributed by atoms with Crippen molar-refractivity contribution in [3.05, 3.63) is 52.3 Å². The van der Waals surface area contributed by atoms with Crippen LogP contribution in [0.15, 0.2) is 41.1 Å². The molecule has 0 aliphatic heterocycles. The van der Waals surface area contributed by atoms with E-state index in [0.29, 0.717) is 6.54 Å². The van der Waals surface area contributed by atoms with Gasteiger partial charge in [0.1, 0.15) is 11.2 Å². The Morgan fingerprint density at radius 3 is 2.79 bits per heavy atom. The van der Waals surface area contributed by atoms with Gasteiger partial charge in [0.2, 0.25) is 0 Å². The van der Waals surface area contributed by atoms with Crippen molar-refractivity contribution in [1.29, 1.82) is 0 Å². The van der Waals surface area contributed by atoms with Crippen LogP contribution >= 0.6 is 15.9 Å². The molecule has 0 bridgehead atoms. The van der Waals surface area contributed by atoms with Crippen LogP contribution in [-0.4, -0.2) is 15.9 Å². The molecule has 0 spiro atoms. The molecule has 0 saturated carbocycles. The molecule has 0 atom stereocenters. The van der Waals surface area contributed by atoms with E-state index in [-0.39, 0.29) is 6.61 Å². The Balaban J connectivity index is 1.77. The van der Waals surface area contributed by atoms with E-state index in [1.807, 2.05) is 43.6 Å². The van der Waals surface area contributed by atoms with Gasteiger partial charge in [-0.05, 0) is 21.5 Å². The number of alkyl carbamates (subject to hydrolysis) is 1. The van der Waals surface area contributed by atoms with Crippen molar-refractivity contribution in [3.8, 4) is 0 Å². The zero-order chi connectivity index (χ0) is 13.7. The summed E-state index contributed by atoms with van der Waals surface area (Å²) >= 11 is 3.32. The molecule has 0 radical (unpaired) electrons. The molecule has 6 heteroatoms. The van der Waals surface area contributed by atoms with Crippen molar-refractivity contribution < 1.29 is 9.53 Å². The van der Waals surface area contributed by atoms with Gasteiger partial charge in [0.05, 0.1) is 6.54 Å². The third kappa shape index (κ3) is 4.10. The molecule has 100 valence electrons. The molecule has 1 aromatic heterocycles. The predicted octanol–water partition coefficient (Wildman–Crippen LogP) is 2.61. The van der Waals surface area contributed by atoms with E-state index in [1.54, 1.807) is 4.68 Å². The Bertz CT molecular complexity index is 554. The average molecular weight is 324 g/mol. The maximum atomic E-state index is 11.5. The fourth-order valence-electron chi connectivity index (χ4n) is 1.57. The standard InChI is InChI=1S/C13H14BrN3O2/c1-17-8-11(12(14)16-17)7-15-13(18)19-9-10-5-3-2-4-6-10/h2-6,8H,7,9H2,1H3,(H,15,18). The third-order valence-electron chi connectivity index (χ3n) is 2.49. The molecular weight excluding hydrogens is 310 g/mol. The monoisotopic (exact) mass is 323 g/mol. The zero-order valence-corrected chi connectivity index (χ0v) is 12.1. The van der Waals surface area contributed by atoms with Gasteiger partial charge in [-0.3, -0.25) is 4.68 Å². The number of nitrogens with zero attached hydrogens (tertiary/aromatic N) is 2. The van der Waals surface area contributed by atoms with Gasteiger partial charge in [0, 0.05) is 18.8 Å². The second kappa shape index (κ2) is 6.38. The highest BCUT2D eigenvalue weighted by Crippen LogP contribution is 2.13. The van der Waals surface area contributed by atoms with Crippen LogP contribution in [0.25, 0.3) is 0 Å². The van der Waals surface area contributed by atoms with Crippen molar-refractivity contribution in [1.82, 2.24) is 15.1 Å². The number of aryl methyl sites for hydroxylation is 1. The largest absolute Gasteiger partial charge is 0.445 e. The Morgan fingerprint density at radius 1 is 1.42 bits per heavy atom. The minimum atomic E-state index is -0.445. The quantitative estimate of drug-likeness (QED) is 0.940. The molecule has 1 amide bonds. The summed E-state index contributed by atoms with van der Waals surface area (Å²) in [5.41, 5.74) is 1.86. The summed E-state index contributed by atoms with van der Waals surface area (Å²) in [5.74, 6) is 0. The van der Waals surface area contributed by atoms with Gasteiger partial charge in [0.15, 0.2) is 0 Å². The SMILES string of the molecule is Cn1cc(CNC(=O)OCc2ccccc2)c(Br)n1. The summed E-state index contributed by atoms with van der Waals surface area (Å²) in [6.07, 6.45) is 1.39. The summed E-state index contributed by atoms with van der Waals surface area (Å²) in [6.45, 7) is 0.642. The second-order valence-corrected chi connectivity index (χ2v) is 4.79. The average Bonchev–Trinajstić information content (AvgIpc) is 2.73. The number of halogens is 1. The van der Waals surface area contributed by atoms with Crippen molar-refractivity contribution in [2.45, 2.75) is 13.2 Å². The number of aromatic nitrogens is 2. The van der Waals surface area contributed by atoms with E-state index in [4.69, 9.17) is 4.74 Å². The highest BCUT2D eigenvalue weighted by molar-refractivity contribution is 9.10. The first kappa shape index (κ1) is 13.6. The number of hydrogen-bond acceptors (Lipinski definition) is 3. The third-order valence-corrected chi connectivity index (χ3v) is 3.16. The van der Waals surface area contributed by atoms with Crippen LogP contribution in [0.4, 0.5) is 4.79 Å². The molecule has 1 heterocycles. The van der Waals surface area contributed by atoms with Crippen LogP contribution in [0.1, 0.15) is 11.1 Å². The zero-order valence-electron chi connectivity index (χ0n) is 10.5. The van der Waals surface area contributed by atoms with Crippen molar-refractivity contribution in [3.63, 3.8) is 0 Å². The van der Waals surface area contributed by atoms with Crippen molar-refractivity contribution >= 4 is 22.0 Å². The highest BCUT2D eigenvalue weighted by atomic mass is 79.9. The topological polar surface area (TPSA) is 56.2 Å². The summed E-state index contributed by atoms with van der Waals surface area (Å²) in [5, 5.41) is 6.80. The van der Waals surface area contributed by atoms with Gasteiger partial charge in [0.25, 0.3) is 0 Å². The minimum absolute atomic E-state index is 0.265. The second-order valence-electron chi connectivity index (χ2n) is 4.03. The number of amides is 1. The van der Waals surface area contributed by atoms with Crippen LogP contribution < -0.4 is 5.32 Å². The van der Waals surface area contributed by atoms with Gasteiger partial charge in [-0.15, -0.1) is 0 Å². The molecule has 0 unspecified atom stereocenters. The van der Waals surface area contributed by atoms with Crippen molar-refractivity contribution in [2.24, 2.45) is 7.05 Å². The lowest BCUT2D eigenvalue weighted by Crippen LogP contribution is -2.23. The van der Waals surface area contributed by atoms with Gasteiger partial charge in [-0.2, -0.15) is 5.10 Å². The summed E-state index contributed by atoms with van der Waals surface area (Å²) in [4.78, 5) is 11.5. The van der Waals surface area contributed by atoms with Crippen LogP contribution in [0.5, 0.6) is 0 Å². The smallest absolute Gasteiger partial charge is 0.407 e. The van der Waals surface area contributed by atoms with E-state index < -0.39 is 6.09 Å². The molecule has 0 saturated heterocycles. The number of carbonyl (C=O) groups excluding carboxylic acids is 1. The molecule has 2 aromatic rings. The fourth-order valence-corrected chi connectivity index (χ4v) is 2.06. The number of nitrogens with one attached hydrogen (secondary N) is 1. The summed E-state index contributed by atoms with van der Waals surface area (Å²) in [6, 6.07) is 9.55. The lowest BCUT2D eigenvalue weighted by molar-refractivity contribution is 0.139. The first-order chi connectivity index (χ1) is 9.15. The number of benzene rings is 1. The van der Waals surface area contributed by atoms with Crippen molar-refractivity contribution in [2.75, 3.05) is 0 Å². The number of carbonyl (C=O) groups is 1. The van der Waals surface area contributed by atoms with E-state index in [9.17, 15) is 4.79 Å². The first-order valence-electron chi connectivity index (χ1n) is 5.77. The van der Waals surface area contributed by atoms with E-state index in [1.165, 1.54) is 0 Å². The van der Waals surface area contributed by atoms with Gasteiger partial charge < -0.3 is 10.1 Å². The molecule has 19 heavy (non-hydrogen) atoms. The van der Waals surface area contributed by atoms with E-state index in [0.717, 1.165) is 15.7 Å². The summed E-state index contributed by atoms with van der Waals surface area (Å²) in [7, 11) is 1.82. The molecule has 0 fully saturated rings. The van der Waals surface area contributed by atoms with Crippen LogP contribution in [0.2, 0.25) is 0 Å². The maximum absolute atomic E-state index is 11.5. The fraction of sp³-hybridized carbons (Fsp3) is 0.231. The molecule has 5 nitrogen and oxygen atoms in total. The van der Waals surface area contributed by atoms with E-state index >= 15 is 0 Å². The Labute approximate surface area is 119 Å². The minimum Gasteiger partial charge on any atom is -0.445 e. The first-order valence-corrected chi connectivity index (χ1v) is 6.57. The molecule has 0 aliphatic carbocycles. The Morgan fingerprint density at radius 2 is 2.16 bits per heavy atom. The van der Waals surface area contributed by atoms with Gasteiger partial charge >= 0.3 is 6.09 Å². The molecular formula is C13H14BrN3O2. The lowest BCUT2D eigenvalue weighted by atomic mass is 10.2. The van der Waals surface area contributed by atoms with Crippen LogP contribution in [0.3, 0.4) is 0 Å². The molecule has 1 N–H and O–H groups in total. The highest BCUT2D eigenvalue weighted by Gasteiger charge is 2.07. The number of rotatable bonds is 4. The van der Waals surface area contributed by atoms with Gasteiger partial charge in [-0.1, -0.05) is 30.3 Å². The Kier molecular flexibility index (Phi) is 4.57. The molecule has 0 aliphatic rings. The predicted molar refractivity (Wildman–Crippen MR) is 74.4 cm³/mol. The van der Waals surface area contributed by atoms with Crippen LogP contribution in [-0.2, 0) is 24.9 Å². The number of ether oxygens (including phenoxy) is 1. The lowest BCUT2D eigenvalue weighted by Gasteiger charge is -2.06. The van der Waals surface area contributed by atoms with Crippen LogP contribution in [0, 0.1) is 0 Å². The Hall–Kier alpha value is -1.82.